The zero-order valence-electron chi connectivity index (χ0n) is 55.8. The third-order valence-corrected chi connectivity index (χ3v) is 15.5. The number of primary amides is 1. The molecule has 11 amide bonds. The van der Waals surface area contributed by atoms with Gasteiger partial charge in [-0.2, -0.15) is 0 Å². The highest BCUT2D eigenvalue weighted by atomic mass is 16.4. The van der Waals surface area contributed by atoms with Gasteiger partial charge in [-0.25, -0.2) is 4.79 Å². The first kappa shape index (κ1) is 83.1. The summed E-state index contributed by atoms with van der Waals surface area (Å²) >= 11 is 0. The Morgan fingerprint density at radius 3 is 1.22 bits per heavy atom. The molecule has 536 valence electrons. The number of nitrogens with two attached hydrogens (primary N) is 4. The highest BCUT2D eigenvalue weighted by Crippen LogP contribution is 2.18. The van der Waals surface area contributed by atoms with E-state index in [0.29, 0.717) is 24.0 Å². The Labute approximate surface area is 558 Å². The van der Waals surface area contributed by atoms with Gasteiger partial charge in [-0.15, -0.1) is 0 Å². The highest BCUT2D eigenvalue weighted by Gasteiger charge is 2.37. The number of aliphatic carboxylic acids is 2. The number of phenols is 2. The van der Waals surface area contributed by atoms with E-state index < -0.39 is 182 Å². The molecule has 2 aromatic rings. The first-order valence-electron chi connectivity index (χ1n) is 32.3. The first-order chi connectivity index (χ1) is 45.2. The smallest absolute Gasteiger partial charge is 0.326 e. The second-order valence-corrected chi connectivity index (χ2v) is 24.7. The van der Waals surface area contributed by atoms with E-state index >= 15 is 0 Å². The fourth-order valence-electron chi connectivity index (χ4n) is 9.77. The first-order valence-corrected chi connectivity index (χ1v) is 32.3. The van der Waals surface area contributed by atoms with Crippen molar-refractivity contribution in [3.05, 3.63) is 59.7 Å². The van der Waals surface area contributed by atoms with Crippen molar-refractivity contribution < 1.29 is 87.9 Å². The van der Waals surface area contributed by atoms with Crippen LogP contribution in [0.2, 0.25) is 0 Å². The summed E-state index contributed by atoms with van der Waals surface area (Å²) in [5.74, 6) is -14.2. The summed E-state index contributed by atoms with van der Waals surface area (Å²) in [6.45, 7) is 11.3. The molecule has 0 saturated carbocycles. The number of carbonyl (C=O) groups is 13. The van der Waals surface area contributed by atoms with Crippen molar-refractivity contribution in [1.82, 2.24) is 53.2 Å². The monoisotopic (exact) mass is 1350 g/mol. The molecule has 2 aromatic carbocycles. The molecule has 0 spiro atoms. The van der Waals surface area contributed by atoms with Gasteiger partial charge in [0.1, 0.15) is 71.9 Å². The van der Waals surface area contributed by atoms with Crippen LogP contribution < -0.4 is 76.1 Å². The Kier molecular flexibility index (Phi) is 37.3. The number of aliphatic hydroxyl groups excluding tert-OH is 1. The molecule has 32 nitrogen and oxygen atoms in total. The molecule has 23 N–H and O–H groups in total. The standard InChI is InChI=1S/C64H102N14O18/c1-8-36(6)54(78-61(92)48(32-39-17-21-41(81)22-18-39)76-60(91)47(77-62(93)53(68)37(7)79)31-38-15-19-40(80)20-16-38)63(94)74-43(14-10-12-28-66)56(87)73-45(24-26-52(84)85)59(90)72-44(23-25-50(67)82)58(89)71-42(13-9-11-27-65)57(88)75-46(29-34(2)3)55(86)69-33-51(83)70-49(64(95)96)30-35(4)5/h15-22,34-37,42-49,53-54,79-81H,8-14,23-33,65-66,68H2,1-7H3,(H2,67,82)(H,69,86)(H,70,83)(H,71,89)(H,72,90)(H,73,87)(H,74,94)(H,75,88)(H,76,91)(H,77,93)(H,78,92)(H,84,85)(H,95,96)/t36-,37+,42-,43-,44-,45-,46-,47-,48-,49-,53-,54-/m0/s1. The predicted octanol–water partition coefficient (Wildman–Crippen LogP) is -2.32. The second kappa shape index (κ2) is 43.1. The third kappa shape index (κ3) is 31.5. The van der Waals surface area contributed by atoms with E-state index in [9.17, 15) is 87.9 Å². The molecule has 32 heteroatoms. The molecule has 2 rings (SSSR count). The average Bonchev–Trinajstić information content (AvgIpc) is 0.881. The molecule has 0 saturated heterocycles. The number of nitrogens with one attached hydrogen (secondary N) is 10. The van der Waals surface area contributed by atoms with E-state index in [2.05, 4.69) is 53.2 Å². The molecule has 0 fully saturated rings. The van der Waals surface area contributed by atoms with Gasteiger partial charge in [0.25, 0.3) is 0 Å². The fraction of sp³-hybridized carbons (Fsp3) is 0.609. The van der Waals surface area contributed by atoms with Gasteiger partial charge in [0, 0.05) is 25.7 Å². The quantitative estimate of drug-likeness (QED) is 0.0310. The lowest BCUT2D eigenvalue weighted by atomic mass is 9.96. The molecule has 0 aliphatic rings. The van der Waals surface area contributed by atoms with Crippen LogP contribution in [0.25, 0.3) is 0 Å². The summed E-state index contributed by atoms with van der Waals surface area (Å²) < 4.78 is 0. The number of hydrogen-bond acceptors (Lipinski definition) is 19. The number of amides is 11. The van der Waals surface area contributed by atoms with Gasteiger partial charge in [-0.05, 0) is 137 Å². The Hall–Kier alpha value is -9.01. The van der Waals surface area contributed by atoms with Gasteiger partial charge >= 0.3 is 11.9 Å². The number of benzene rings is 2. The minimum Gasteiger partial charge on any atom is -0.508 e. The molecule has 0 unspecified atom stereocenters. The largest absolute Gasteiger partial charge is 0.508 e. The maximum absolute atomic E-state index is 14.6. The van der Waals surface area contributed by atoms with Crippen LogP contribution in [0, 0.1) is 17.8 Å². The molecule has 0 aliphatic heterocycles. The molecular formula is C64H102N14O18. The highest BCUT2D eigenvalue weighted by molar-refractivity contribution is 5.99. The van der Waals surface area contributed by atoms with Gasteiger partial charge in [0.15, 0.2) is 0 Å². The van der Waals surface area contributed by atoms with Crippen molar-refractivity contribution >= 4 is 76.9 Å². The van der Waals surface area contributed by atoms with Crippen molar-refractivity contribution in [2.75, 3.05) is 19.6 Å². The van der Waals surface area contributed by atoms with E-state index in [4.69, 9.17) is 22.9 Å². The number of unbranched alkanes of at least 4 members (excludes halogenated alkanes) is 2. The Balaban J connectivity index is 2.56. The van der Waals surface area contributed by atoms with Crippen LogP contribution in [0.5, 0.6) is 11.5 Å². The lowest BCUT2D eigenvalue weighted by molar-refractivity contribution is -0.142. The zero-order chi connectivity index (χ0) is 72.4. The fourth-order valence-corrected chi connectivity index (χ4v) is 9.77. The van der Waals surface area contributed by atoms with Crippen LogP contribution in [0.1, 0.15) is 143 Å². The lowest BCUT2D eigenvalue weighted by Crippen LogP contribution is -2.61. The summed E-state index contributed by atoms with van der Waals surface area (Å²) in [5.41, 5.74) is 23.8. The van der Waals surface area contributed by atoms with Crippen molar-refractivity contribution in [3.63, 3.8) is 0 Å². The number of phenolic OH excluding ortho intramolecular Hbond substituents is 2. The number of carboxylic acids is 2. The number of hydrogen-bond donors (Lipinski definition) is 19. The minimum atomic E-state index is -1.77. The molecular weight excluding hydrogens is 1250 g/mol. The van der Waals surface area contributed by atoms with Gasteiger partial charge < -0.3 is 102 Å². The summed E-state index contributed by atoms with van der Waals surface area (Å²) in [5, 5.41) is 74.8. The molecule has 0 aromatic heterocycles. The zero-order valence-corrected chi connectivity index (χ0v) is 55.8. The van der Waals surface area contributed by atoms with Gasteiger partial charge in [-0.1, -0.05) is 72.2 Å². The van der Waals surface area contributed by atoms with Crippen LogP contribution in [0.3, 0.4) is 0 Å². The molecule has 12 atom stereocenters. The summed E-state index contributed by atoms with van der Waals surface area (Å²) in [6.07, 6.45) is -2.78. The van der Waals surface area contributed by atoms with Crippen molar-refractivity contribution in [2.45, 2.75) is 211 Å². The summed E-state index contributed by atoms with van der Waals surface area (Å²) in [7, 11) is 0. The Morgan fingerprint density at radius 1 is 0.448 bits per heavy atom. The minimum absolute atomic E-state index is 0.0331. The van der Waals surface area contributed by atoms with Crippen LogP contribution in [0.15, 0.2) is 48.5 Å². The van der Waals surface area contributed by atoms with Gasteiger partial charge in [0.2, 0.25) is 65.0 Å². The second-order valence-electron chi connectivity index (χ2n) is 24.7. The average molecular weight is 1360 g/mol. The van der Waals surface area contributed by atoms with Gasteiger partial charge in [0.05, 0.1) is 12.6 Å². The van der Waals surface area contributed by atoms with E-state index in [-0.39, 0.29) is 94.2 Å². The number of rotatable bonds is 46. The predicted molar refractivity (Wildman–Crippen MR) is 351 cm³/mol. The summed E-state index contributed by atoms with van der Waals surface area (Å²) in [4.78, 5) is 177. The maximum atomic E-state index is 14.6. The van der Waals surface area contributed by atoms with Crippen LogP contribution in [-0.2, 0) is 75.2 Å². The van der Waals surface area contributed by atoms with E-state index in [0.717, 1.165) is 0 Å². The van der Waals surface area contributed by atoms with Crippen LogP contribution >= 0.6 is 0 Å². The normalized spacial score (nSPS) is 15.0. The SMILES string of the molecule is CC[C@H](C)[C@H](NC(=O)[C@H](Cc1ccc(O)cc1)NC(=O)[C@H](Cc1ccc(O)cc1)NC(=O)[C@@H](N)[C@@H](C)O)C(=O)N[C@@H](CCCCN)C(=O)N[C@@H](CCC(=O)O)C(=O)N[C@@H](CCC(N)=O)C(=O)N[C@@H](CCCCN)C(=O)N[C@@H](CC(C)C)C(=O)NCC(=O)N[C@@H](CC(C)C)C(=O)O. The molecule has 0 aliphatic carbocycles. The van der Waals surface area contributed by atoms with Crippen molar-refractivity contribution in [1.29, 1.82) is 0 Å². The van der Waals surface area contributed by atoms with Crippen molar-refractivity contribution in [2.24, 2.45) is 40.7 Å². The van der Waals surface area contributed by atoms with E-state index in [1.165, 1.54) is 55.5 Å². The Morgan fingerprint density at radius 2 is 0.823 bits per heavy atom. The third-order valence-electron chi connectivity index (χ3n) is 15.5. The van der Waals surface area contributed by atoms with E-state index in [1.807, 2.05) is 0 Å². The van der Waals surface area contributed by atoms with Crippen LogP contribution in [-0.4, -0.2) is 189 Å². The van der Waals surface area contributed by atoms with Gasteiger partial charge in [-0.3, -0.25) is 57.5 Å². The number of aromatic hydroxyl groups is 2. The summed E-state index contributed by atoms with van der Waals surface area (Å²) in [6, 6.07) is -3.49. The molecule has 0 bridgehead atoms. The molecule has 96 heavy (non-hydrogen) atoms. The molecule has 0 heterocycles. The van der Waals surface area contributed by atoms with E-state index in [1.54, 1.807) is 41.5 Å². The number of carboxylic acid groups (broad SMARTS) is 2. The van der Waals surface area contributed by atoms with Crippen molar-refractivity contribution in [3.8, 4) is 11.5 Å². The number of carbonyl (C=O) groups excluding carboxylic acids is 11. The Bertz CT molecular complexity index is 2900. The number of aliphatic hydroxyl groups is 1. The lowest BCUT2D eigenvalue weighted by Gasteiger charge is -2.30. The maximum Gasteiger partial charge on any atom is 0.326 e. The van der Waals surface area contributed by atoms with Crippen LogP contribution in [0.4, 0.5) is 0 Å². The molecule has 0 radical (unpaired) electrons. The topological polar surface area (TPSA) is 547 Å².